The molecular weight excluding hydrogens is 636 g/mol. The molecule has 0 radical (unpaired) electrons. The zero-order valence-corrected chi connectivity index (χ0v) is 29.5. The maximum atomic E-state index is 13.0. The molecule has 0 saturated carbocycles. The molecule has 3 aromatic carbocycles. The zero-order chi connectivity index (χ0) is 35.5. The third-order valence-electron chi connectivity index (χ3n) is 9.46. The first kappa shape index (κ1) is 36.5. The molecule has 2 aliphatic heterocycles. The van der Waals surface area contributed by atoms with Crippen molar-refractivity contribution >= 4 is 29.3 Å². The number of nitrogens with zero attached hydrogens (tertiary/aromatic N) is 1. The number of carbonyl (C=O) groups excluding carboxylic acids is 3. The van der Waals surface area contributed by atoms with E-state index >= 15 is 0 Å². The van der Waals surface area contributed by atoms with Gasteiger partial charge < -0.3 is 34.9 Å². The number of benzene rings is 3. The Morgan fingerprint density at radius 2 is 1.48 bits per heavy atom. The number of urea groups is 1. The van der Waals surface area contributed by atoms with Crippen molar-refractivity contribution in [1.82, 2.24) is 10.2 Å². The normalized spacial score (nSPS) is 18.3. The molecule has 0 aliphatic carbocycles. The second-order valence-corrected chi connectivity index (χ2v) is 13.0. The Labute approximate surface area is 295 Å². The van der Waals surface area contributed by atoms with Crippen molar-refractivity contribution in [2.24, 2.45) is 0 Å². The average molecular weight is 687 g/mol. The maximum absolute atomic E-state index is 13.0. The quantitative estimate of drug-likeness (QED) is 0.103. The van der Waals surface area contributed by atoms with Crippen molar-refractivity contribution in [3.05, 3.63) is 72.3 Å². The predicted octanol–water partition coefficient (Wildman–Crippen LogP) is 7.77. The van der Waals surface area contributed by atoms with Crippen LogP contribution in [0.3, 0.4) is 0 Å². The van der Waals surface area contributed by atoms with Gasteiger partial charge in [-0.1, -0.05) is 13.8 Å². The highest BCUT2D eigenvalue weighted by Crippen LogP contribution is 2.38. The second kappa shape index (κ2) is 17.8. The van der Waals surface area contributed by atoms with Gasteiger partial charge in [-0.05, 0) is 119 Å². The molecule has 11 nitrogen and oxygen atoms in total. The molecule has 2 bridgehead atoms. The molecule has 268 valence electrons. The lowest BCUT2D eigenvalue weighted by atomic mass is 9.99. The number of unbranched alkanes of at least 4 members (excludes halogenated alkanes) is 1. The van der Waals surface area contributed by atoms with Gasteiger partial charge in [0.2, 0.25) is 0 Å². The summed E-state index contributed by atoms with van der Waals surface area (Å²) in [5, 5.41) is 8.73. The number of carbonyl (C=O) groups is 3. The van der Waals surface area contributed by atoms with Gasteiger partial charge in [0.05, 0.1) is 13.7 Å². The van der Waals surface area contributed by atoms with Crippen LogP contribution in [0.25, 0.3) is 0 Å². The molecule has 0 aromatic heterocycles. The first-order valence-electron chi connectivity index (χ1n) is 17.7. The summed E-state index contributed by atoms with van der Waals surface area (Å²) in [5.74, 6) is 1.86. The molecule has 0 spiro atoms. The van der Waals surface area contributed by atoms with E-state index in [1.807, 2.05) is 26.0 Å². The number of ether oxygens (including phenoxy) is 4. The highest BCUT2D eigenvalue weighted by atomic mass is 16.5. The Balaban J connectivity index is 1.08. The van der Waals surface area contributed by atoms with Gasteiger partial charge in [-0.3, -0.25) is 14.5 Å². The summed E-state index contributed by atoms with van der Waals surface area (Å²) in [6.45, 7) is 7.05. The molecule has 3 amide bonds. The number of hydrogen-bond acceptors (Lipinski definition) is 8. The van der Waals surface area contributed by atoms with E-state index in [0.29, 0.717) is 52.9 Å². The minimum Gasteiger partial charge on any atom is -0.493 e. The van der Waals surface area contributed by atoms with E-state index in [9.17, 15) is 14.4 Å². The average Bonchev–Trinajstić information content (AvgIpc) is 3.35. The fraction of sp³-hybridized carbons (Fsp3) is 0.462. The fourth-order valence-corrected chi connectivity index (χ4v) is 6.79. The maximum Gasteiger partial charge on any atom is 0.319 e. The van der Waals surface area contributed by atoms with Crippen LogP contribution in [0.2, 0.25) is 0 Å². The number of piperidine rings is 1. The number of rotatable bonds is 16. The number of amides is 3. The summed E-state index contributed by atoms with van der Waals surface area (Å²) in [6.07, 6.45) is 8.17. The van der Waals surface area contributed by atoms with Gasteiger partial charge in [-0.25, -0.2) is 4.79 Å². The van der Waals surface area contributed by atoms with Gasteiger partial charge in [-0.2, -0.15) is 0 Å². The smallest absolute Gasteiger partial charge is 0.319 e. The Hall–Kier alpha value is -4.77. The molecule has 2 fully saturated rings. The van der Waals surface area contributed by atoms with Crippen molar-refractivity contribution in [1.29, 1.82) is 0 Å². The van der Waals surface area contributed by atoms with Crippen LogP contribution in [0.4, 0.5) is 16.2 Å². The lowest BCUT2D eigenvalue weighted by Gasteiger charge is -2.39. The molecule has 2 saturated heterocycles. The van der Waals surface area contributed by atoms with Gasteiger partial charge in [-0.15, -0.1) is 0 Å². The number of anilines is 2. The van der Waals surface area contributed by atoms with Crippen molar-refractivity contribution in [2.75, 3.05) is 30.9 Å². The third kappa shape index (κ3) is 10.1. The number of methoxy groups -OCH3 is 1. The van der Waals surface area contributed by atoms with Crippen LogP contribution in [-0.2, 0) is 9.53 Å². The number of nitrogens with one attached hydrogen (secondary N) is 3. The molecular formula is C39H50N4O7. The van der Waals surface area contributed by atoms with Crippen LogP contribution in [0.5, 0.6) is 23.0 Å². The molecule has 2 aliphatic rings. The number of esters is 1. The van der Waals surface area contributed by atoms with E-state index in [-0.39, 0.29) is 30.1 Å². The number of hydrogen-bond donors (Lipinski definition) is 3. The van der Waals surface area contributed by atoms with E-state index in [0.717, 1.165) is 50.8 Å². The summed E-state index contributed by atoms with van der Waals surface area (Å²) < 4.78 is 23.0. The molecule has 2 heterocycles. The highest BCUT2D eigenvalue weighted by Gasteiger charge is 2.41. The van der Waals surface area contributed by atoms with Gasteiger partial charge in [0.1, 0.15) is 17.6 Å². The van der Waals surface area contributed by atoms with Crippen molar-refractivity contribution < 1.29 is 33.3 Å². The van der Waals surface area contributed by atoms with Crippen LogP contribution in [0.15, 0.2) is 66.7 Å². The van der Waals surface area contributed by atoms with Gasteiger partial charge in [0, 0.05) is 48.1 Å². The lowest BCUT2D eigenvalue weighted by molar-refractivity contribution is -0.141. The molecule has 3 aromatic rings. The summed E-state index contributed by atoms with van der Waals surface area (Å²) >= 11 is 0. The molecule has 50 heavy (non-hydrogen) atoms. The summed E-state index contributed by atoms with van der Waals surface area (Å²) in [6, 6.07) is 20.5. The largest absolute Gasteiger partial charge is 0.493 e. The van der Waals surface area contributed by atoms with Crippen molar-refractivity contribution in [3.63, 3.8) is 0 Å². The van der Waals surface area contributed by atoms with Gasteiger partial charge >= 0.3 is 12.0 Å². The van der Waals surface area contributed by atoms with Crippen LogP contribution in [-0.4, -0.2) is 67.3 Å². The minimum absolute atomic E-state index is 0.117. The summed E-state index contributed by atoms with van der Waals surface area (Å²) in [4.78, 5) is 38.9. The minimum atomic E-state index is -0.266. The molecule has 5 rings (SSSR count). The standard InChI is InChI=1S/C39H50N4O7/c1-5-28(6-2)41-39(46)42-30-13-20-36(37(23-30)47-4)50-34-18-11-29(12-19-34)40-38(45)27-9-16-33(17-10-27)49-35-24-31-14-15-32(25-35)43(31)21-7-8-22-48-26(3)44/h9-13,16-20,23,28,31-32,35H,5-8,14-15,21-22,24-25H2,1-4H3,(H,40,45)(H2,41,42,46). The Kier molecular flexibility index (Phi) is 13.0. The fourth-order valence-electron chi connectivity index (χ4n) is 6.79. The SMILES string of the molecule is CCC(CC)NC(=O)Nc1ccc(Oc2ccc(NC(=O)c3ccc(OC4CC5CCC(C4)N5CCCCOC(C)=O)cc3)cc2)c(OC)c1. The van der Waals surface area contributed by atoms with E-state index in [4.69, 9.17) is 18.9 Å². The van der Waals surface area contributed by atoms with E-state index in [1.54, 1.807) is 61.7 Å². The molecule has 2 unspecified atom stereocenters. The van der Waals surface area contributed by atoms with Crippen LogP contribution >= 0.6 is 0 Å². The topological polar surface area (TPSA) is 127 Å². The van der Waals surface area contributed by atoms with Crippen LogP contribution in [0, 0.1) is 0 Å². The Morgan fingerprint density at radius 3 is 2.12 bits per heavy atom. The van der Waals surface area contributed by atoms with Crippen molar-refractivity contribution in [2.45, 2.75) is 96.4 Å². The Bertz CT molecular complexity index is 1560. The van der Waals surface area contributed by atoms with Gasteiger partial charge in [0.25, 0.3) is 5.91 Å². The predicted molar refractivity (Wildman–Crippen MR) is 193 cm³/mol. The van der Waals surface area contributed by atoms with Crippen LogP contribution < -0.4 is 30.2 Å². The lowest BCUT2D eigenvalue weighted by Crippen LogP contribution is -2.46. The molecule has 3 N–H and O–H groups in total. The first-order chi connectivity index (χ1) is 24.2. The first-order valence-corrected chi connectivity index (χ1v) is 17.7. The van der Waals surface area contributed by atoms with E-state index in [2.05, 4.69) is 20.9 Å². The summed E-state index contributed by atoms with van der Waals surface area (Å²) in [7, 11) is 1.54. The zero-order valence-electron chi connectivity index (χ0n) is 29.5. The second-order valence-electron chi connectivity index (χ2n) is 13.0. The van der Waals surface area contributed by atoms with E-state index < -0.39 is 0 Å². The monoisotopic (exact) mass is 686 g/mol. The van der Waals surface area contributed by atoms with E-state index in [1.165, 1.54) is 19.8 Å². The van der Waals surface area contributed by atoms with Crippen molar-refractivity contribution in [3.8, 4) is 23.0 Å². The molecule has 11 heteroatoms. The Morgan fingerprint density at radius 1 is 0.820 bits per heavy atom. The highest BCUT2D eigenvalue weighted by molar-refractivity contribution is 6.04. The summed E-state index contributed by atoms with van der Waals surface area (Å²) in [5.41, 5.74) is 1.75. The third-order valence-corrected chi connectivity index (χ3v) is 9.46. The number of fused-ring (bicyclic) bond motifs is 2. The van der Waals surface area contributed by atoms with Gasteiger partial charge in [0.15, 0.2) is 11.5 Å². The molecule has 2 atom stereocenters. The van der Waals surface area contributed by atoms with Crippen LogP contribution in [0.1, 0.15) is 82.5 Å².